The van der Waals surface area contributed by atoms with Gasteiger partial charge in [0.15, 0.2) is 10.9 Å². The van der Waals surface area contributed by atoms with E-state index in [4.69, 9.17) is 9.47 Å². The largest absolute Gasteiger partial charge is 0.469 e. The summed E-state index contributed by atoms with van der Waals surface area (Å²) in [5.74, 6) is -1.09. The number of aromatic nitrogens is 2. The van der Waals surface area contributed by atoms with Gasteiger partial charge < -0.3 is 20.1 Å². The number of nitrogens with one attached hydrogen (secondary N) is 2. The highest BCUT2D eigenvalue weighted by molar-refractivity contribution is 7.14. The molecule has 0 saturated heterocycles. The van der Waals surface area contributed by atoms with E-state index in [1.165, 1.54) is 24.5 Å². The standard InChI is InChI=1S/C18H20N4O4S/c1-5-16(25-4)26-12(3)17(24)19-9-15(23)22-18-21-14(10-27-18)13-8-6-7-11(2)20-13/h5-8,10H,3,9H2,1-2,4H3,(H,19,24)(H,21,22,23)/b16-5-. The van der Waals surface area contributed by atoms with Gasteiger partial charge in [-0.15, -0.1) is 11.3 Å². The molecule has 2 aromatic heterocycles. The molecule has 27 heavy (non-hydrogen) atoms. The second-order valence-electron chi connectivity index (χ2n) is 5.27. The second kappa shape index (κ2) is 9.48. The van der Waals surface area contributed by atoms with Crippen LogP contribution in [-0.4, -0.2) is 35.4 Å². The highest BCUT2D eigenvalue weighted by atomic mass is 32.1. The molecule has 0 unspecified atom stereocenters. The number of allylic oxidation sites excluding steroid dienone is 1. The van der Waals surface area contributed by atoms with Gasteiger partial charge in [0.25, 0.3) is 11.9 Å². The van der Waals surface area contributed by atoms with Crippen LogP contribution >= 0.6 is 11.3 Å². The first kappa shape index (κ1) is 20.1. The van der Waals surface area contributed by atoms with E-state index in [-0.39, 0.29) is 18.2 Å². The molecule has 9 heteroatoms. The van der Waals surface area contributed by atoms with Crippen molar-refractivity contribution in [3.63, 3.8) is 0 Å². The lowest BCUT2D eigenvalue weighted by atomic mass is 10.3. The van der Waals surface area contributed by atoms with Crippen LogP contribution in [0.15, 0.2) is 47.9 Å². The van der Waals surface area contributed by atoms with Crippen molar-refractivity contribution in [3.05, 3.63) is 53.6 Å². The molecule has 0 saturated carbocycles. The summed E-state index contributed by atoms with van der Waals surface area (Å²) in [5.41, 5.74) is 2.28. The topological polar surface area (TPSA) is 102 Å². The number of ether oxygens (including phenoxy) is 2. The van der Waals surface area contributed by atoms with Gasteiger partial charge in [-0.25, -0.2) is 4.98 Å². The fraction of sp³-hybridized carbons (Fsp3) is 0.222. The van der Waals surface area contributed by atoms with Crippen molar-refractivity contribution in [2.45, 2.75) is 13.8 Å². The van der Waals surface area contributed by atoms with E-state index in [0.29, 0.717) is 10.8 Å². The Morgan fingerprint density at radius 3 is 2.74 bits per heavy atom. The maximum atomic E-state index is 12.0. The lowest BCUT2D eigenvalue weighted by Gasteiger charge is -2.10. The average Bonchev–Trinajstić information content (AvgIpc) is 3.12. The molecule has 0 aliphatic carbocycles. The lowest BCUT2D eigenvalue weighted by Crippen LogP contribution is -2.34. The minimum Gasteiger partial charge on any atom is -0.469 e. The summed E-state index contributed by atoms with van der Waals surface area (Å²) in [4.78, 5) is 32.6. The molecule has 8 nitrogen and oxygen atoms in total. The van der Waals surface area contributed by atoms with E-state index in [1.807, 2.05) is 25.1 Å². The molecule has 0 radical (unpaired) electrons. The highest BCUT2D eigenvalue weighted by Crippen LogP contribution is 2.23. The molecule has 2 amide bonds. The summed E-state index contributed by atoms with van der Waals surface area (Å²) < 4.78 is 9.98. The Balaban J connectivity index is 1.86. The first-order valence-corrected chi connectivity index (χ1v) is 8.85. The first-order valence-electron chi connectivity index (χ1n) is 7.97. The molecule has 0 fully saturated rings. The zero-order valence-electron chi connectivity index (χ0n) is 15.2. The summed E-state index contributed by atoms with van der Waals surface area (Å²) in [6.07, 6.45) is 1.54. The number of hydrogen-bond acceptors (Lipinski definition) is 7. The van der Waals surface area contributed by atoms with Gasteiger partial charge in [-0.3, -0.25) is 14.6 Å². The van der Waals surface area contributed by atoms with Crippen molar-refractivity contribution in [1.29, 1.82) is 0 Å². The number of aryl methyl sites for hydroxylation is 1. The summed E-state index contributed by atoms with van der Waals surface area (Å²) in [6, 6.07) is 5.63. The van der Waals surface area contributed by atoms with Gasteiger partial charge in [0, 0.05) is 11.1 Å². The number of carbonyl (C=O) groups is 2. The fourth-order valence-electron chi connectivity index (χ4n) is 1.94. The fourth-order valence-corrected chi connectivity index (χ4v) is 2.66. The van der Waals surface area contributed by atoms with Gasteiger partial charge in [0.1, 0.15) is 5.69 Å². The molecule has 2 heterocycles. The molecular formula is C18H20N4O4S. The van der Waals surface area contributed by atoms with E-state index < -0.39 is 11.8 Å². The number of hydrogen-bond donors (Lipinski definition) is 2. The van der Waals surface area contributed by atoms with E-state index in [9.17, 15) is 9.59 Å². The number of amides is 2. The molecule has 142 valence electrons. The number of carbonyl (C=O) groups excluding carboxylic acids is 2. The summed E-state index contributed by atoms with van der Waals surface area (Å²) in [5, 5.41) is 7.25. The smallest absolute Gasteiger partial charge is 0.286 e. The zero-order chi connectivity index (χ0) is 19.8. The quantitative estimate of drug-likeness (QED) is 0.532. The Hall–Kier alpha value is -3.20. The molecule has 0 bridgehead atoms. The zero-order valence-corrected chi connectivity index (χ0v) is 16.1. The van der Waals surface area contributed by atoms with Gasteiger partial charge in [0.2, 0.25) is 5.91 Å². The molecule has 0 aromatic carbocycles. The van der Waals surface area contributed by atoms with Gasteiger partial charge in [-0.2, -0.15) is 0 Å². The number of pyridine rings is 1. The Bertz CT molecular complexity index is 876. The molecule has 0 atom stereocenters. The number of rotatable bonds is 8. The Labute approximate surface area is 160 Å². The molecule has 0 aliphatic rings. The third kappa shape index (κ3) is 5.93. The van der Waals surface area contributed by atoms with Gasteiger partial charge >= 0.3 is 0 Å². The summed E-state index contributed by atoms with van der Waals surface area (Å²) in [7, 11) is 1.41. The predicted molar refractivity (Wildman–Crippen MR) is 103 cm³/mol. The van der Waals surface area contributed by atoms with Crippen LogP contribution in [0.25, 0.3) is 11.4 Å². The van der Waals surface area contributed by atoms with Crippen LogP contribution in [0.5, 0.6) is 0 Å². The molecular weight excluding hydrogens is 368 g/mol. The minimum atomic E-state index is -0.620. The molecule has 2 aromatic rings. The highest BCUT2D eigenvalue weighted by Gasteiger charge is 2.14. The van der Waals surface area contributed by atoms with E-state index in [1.54, 1.807) is 12.3 Å². The van der Waals surface area contributed by atoms with Crippen molar-refractivity contribution in [3.8, 4) is 11.4 Å². The van der Waals surface area contributed by atoms with Crippen LogP contribution in [0.2, 0.25) is 0 Å². The van der Waals surface area contributed by atoms with Crippen LogP contribution in [0.3, 0.4) is 0 Å². The van der Waals surface area contributed by atoms with Crippen molar-refractivity contribution >= 4 is 28.3 Å². The van der Waals surface area contributed by atoms with Crippen LogP contribution in [-0.2, 0) is 19.1 Å². The third-order valence-electron chi connectivity index (χ3n) is 3.22. The summed E-state index contributed by atoms with van der Waals surface area (Å²) >= 11 is 1.27. The van der Waals surface area contributed by atoms with E-state index in [2.05, 4.69) is 27.2 Å². The van der Waals surface area contributed by atoms with Gasteiger partial charge in [0.05, 0.1) is 19.3 Å². The maximum absolute atomic E-state index is 12.0. The first-order chi connectivity index (χ1) is 12.9. The number of thiazole rings is 1. The SMILES string of the molecule is C=C(O/C(=C\C)OC)C(=O)NCC(=O)Nc1nc(-c2cccc(C)n2)cs1. The van der Waals surface area contributed by atoms with E-state index in [0.717, 1.165) is 11.4 Å². The maximum Gasteiger partial charge on any atom is 0.286 e. The normalized spacial score (nSPS) is 10.9. The molecule has 2 rings (SSSR count). The Morgan fingerprint density at radius 1 is 1.30 bits per heavy atom. The molecule has 0 spiro atoms. The molecule has 0 aliphatic heterocycles. The summed E-state index contributed by atoms with van der Waals surface area (Å²) in [6.45, 7) is 6.82. The van der Waals surface area contributed by atoms with Crippen molar-refractivity contribution in [1.82, 2.24) is 15.3 Å². The van der Waals surface area contributed by atoms with Gasteiger partial charge in [-0.05, 0) is 32.1 Å². The lowest BCUT2D eigenvalue weighted by molar-refractivity contribution is -0.124. The minimum absolute atomic E-state index is 0.139. The second-order valence-corrected chi connectivity index (χ2v) is 6.13. The van der Waals surface area contributed by atoms with Crippen LogP contribution < -0.4 is 10.6 Å². The number of anilines is 1. The Morgan fingerprint density at radius 2 is 2.07 bits per heavy atom. The predicted octanol–water partition coefficient (Wildman–Crippen LogP) is 2.61. The average molecular weight is 388 g/mol. The van der Waals surface area contributed by atoms with Crippen molar-refractivity contribution < 1.29 is 19.1 Å². The Kier molecular flexibility index (Phi) is 7.07. The van der Waals surface area contributed by atoms with Crippen LogP contribution in [0.4, 0.5) is 5.13 Å². The van der Waals surface area contributed by atoms with Crippen molar-refractivity contribution in [2.24, 2.45) is 0 Å². The van der Waals surface area contributed by atoms with Crippen molar-refractivity contribution in [2.75, 3.05) is 19.0 Å². The van der Waals surface area contributed by atoms with Gasteiger partial charge in [-0.1, -0.05) is 12.6 Å². The van der Waals surface area contributed by atoms with Crippen LogP contribution in [0, 0.1) is 6.92 Å². The third-order valence-corrected chi connectivity index (χ3v) is 3.98. The number of methoxy groups -OCH3 is 1. The monoisotopic (exact) mass is 388 g/mol. The molecule has 2 N–H and O–H groups in total. The van der Waals surface area contributed by atoms with Crippen LogP contribution in [0.1, 0.15) is 12.6 Å². The van der Waals surface area contributed by atoms with E-state index >= 15 is 0 Å². The number of nitrogens with zero attached hydrogens (tertiary/aromatic N) is 2.